The number of ether oxygens (including phenoxy) is 1. The maximum absolute atomic E-state index is 12.9. The number of halogens is 1. The van der Waals surface area contributed by atoms with Crippen molar-refractivity contribution in [1.82, 2.24) is 29.9 Å². The summed E-state index contributed by atoms with van der Waals surface area (Å²) in [5, 5.41) is 8.19. The van der Waals surface area contributed by atoms with Crippen LogP contribution in [0.2, 0.25) is 0 Å². The van der Waals surface area contributed by atoms with Crippen molar-refractivity contribution in [3.05, 3.63) is 54.4 Å². The Balaban J connectivity index is 1.59. The summed E-state index contributed by atoms with van der Waals surface area (Å²) >= 11 is 0. The lowest BCUT2D eigenvalue weighted by atomic mass is 10.2. The van der Waals surface area contributed by atoms with Gasteiger partial charge in [-0.15, -0.1) is 0 Å². The molecule has 0 spiro atoms. The molecule has 0 aliphatic heterocycles. The second-order valence-corrected chi connectivity index (χ2v) is 5.62. The van der Waals surface area contributed by atoms with E-state index in [1.54, 1.807) is 36.3 Å². The first-order chi connectivity index (χ1) is 13.1. The van der Waals surface area contributed by atoms with Crippen LogP contribution in [0.3, 0.4) is 0 Å². The van der Waals surface area contributed by atoms with Gasteiger partial charge >= 0.3 is 0 Å². The van der Waals surface area contributed by atoms with Crippen LogP contribution in [0.15, 0.2) is 47.4 Å². The Morgan fingerprint density at radius 3 is 2.89 bits per heavy atom. The SMILES string of the molecule is Cn1ncc(-c2nc(-c3ccnc(N)c3)no2)c1COc1ccc(F)cn1. The number of pyridine rings is 2. The van der Waals surface area contributed by atoms with Crippen LogP contribution in [0.25, 0.3) is 22.8 Å². The van der Waals surface area contributed by atoms with Crippen molar-refractivity contribution in [3.63, 3.8) is 0 Å². The van der Waals surface area contributed by atoms with E-state index >= 15 is 0 Å². The van der Waals surface area contributed by atoms with Crippen LogP contribution >= 0.6 is 0 Å². The minimum absolute atomic E-state index is 0.143. The number of aryl methyl sites for hydroxylation is 1. The molecule has 0 saturated heterocycles. The molecular weight excluding hydrogens is 353 g/mol. The van der Waals surface area contributed by atoms with Crippen molar-refractivity contribution in [2.24, 2.45) is 7.05 Å². The molecular formula is C17H14FN7O2. The third kappa shape index (κ3) is 3.45. The van der Waals surface area contributed by atoms with Gasteiger partial charge in [0.05, 0.1) is 23.7 Å². The van der Waals surface area contributed by atoms with Gasteiger partial charge in [0.25, 0.3) is 5.89 Å². The van der Waals surface area contributed by atoms with E-state index in [-0.39, 0.29) is 6.61 Å². The molecule has 0 amide bonds. The summed E-state index contributed by atoms with van der Waals surface area (Å²) in [4.78, 5) is 12.2. The smallest absolute Gasteiger partial charge is 0.261 e. The molecule has 0 atom stereocenters. The summed E-state index contributed by atoms with van der Waals surface area (Å²) in [5.74, 6) is 0.899. The van der Waals surface area contributed by atoms with Gasteiger partial charge in [0, 0.05) is 24.9 Å². The van der Waals surface area contributed by atoms with E-state index in [4.69, 9.17) is 15.0 Å². The van der Waals surface area contributed by atoms with Crippen LogP contribution in [-0.2, 0) is 13.7 Å². The molecule has 4 aromatic heterocycles. The van der Waals surface area contributed by atoms with Gasteiger partial charge in [0.1, 0.15) is 18.2 Å². The van der Waals surface area contributed by atoms with Gasteiger partial charge in [0.15, 0.2) is 0 Å². The topological polar surface area (TPSA) is 118 Å². The van der Waals surface area contributed by atoms with E-state index in [2.05, 4.69) is 25.2 Å². The molecule has 0 aliphatic rings. The molecule has 0 saturated carbocycles. The van der Waals surface area contributed by atoms with E-state index in [1.165, 1.54) is 12.1 Å². The molecule has 10 heteroatoms. The van der Waals surface area contributed by atoms with Gasteiger partial charge in [-0.2, -0.15) is 10.1 Å². The van der Waals surface area contributed by atoms with E-state index in [1.807, 2.05) is 0 Å². The zero-order valence-electron chi connectivity index (χ0n) is 14.2. The van der Waals surface area contributed by atoms with Crippen LogP contribution in [-0.4, -0.2) is 29.9 Å². The Kier molecular flexibility index (Phi) is 4.21. The zero-order chi connectivity index (χ0) is 18.8. The summed E-state index contributed by atoms with van der Waals surface area (Å²) < 4.78 is 25.6. The van der Waals surface area contributed by atoms with E-state index < -0.39 is 5.82 Å². The minimum atomic E-state index is -0.432. The highest BCUT2D eigenvalue weighted by molar-refractivity contribution is 5.62. The number of nitrogens with zero attached hydrogens (tertiary/aromatic N) is 6. The highest BCUT2D eigenvalue weighted by Gasteiger charge is 2.18. The van der Waals surface area contributed by atoms with Gasteiger partial charge in [-0.1, -0.05) is 5.16 Å². The number of rotatable bonds is 5. The van der Waals surface area contributed by atoms with Gasteiger partial charge in [-0.05, 0) is 18.2 Å². The Morgan fingerprint density at radius 1 is 1.22 bits per heavy atom. The molecule has 0 unspecified atom stereocenters. The molecule has 0 fully saturated rings. The maximum Gasteiger partial charge on any atom is 0.261 e. The summed E-state index contributed by atoms with van der Waals surface area (Å²) in [5.41, 5.74) is 7.70. The largest absolute Gasteiger partial charge is 0.471 e. The first kappa shape index (κ1) is 16.6. The van der Waals surface area contributed by atoms with Crippen LogP contribution < -0.4 is 10.5 Å². The van der Waals surface area contributed by atoms with Crippen LogP contribution in [0.1, 0.15) is 5.69 Å². The van der Waals surface area contributed by atoms with Crippen molar-refractivity contribution in [3.8, 4) is 28.7 Å². The minimum Gasteiger partial charge on any atom is -0.471 e. The molecule has 4 heterocycles. The van der Waals surface area contributed by atoms with Crippen molar-refractivity contribution < 1.29 is 13.7 Å². The fourth-order valence-corrected chi connectivity index (χ4v) is 2.44. The molecule has 0 aliphatic carbocycles. The number of nitrogens with two attached hydrogens (primary N) is 1. The average molecular weight is 367 g/mol. The Bertz CT molecular complexity index is 1080. The van der Waals surface area contributed by atoms with Crippen molar-refractivity contribution in [2.45, 2.75) is 6.61 Å². The number of hydrogen-bond donors (Lipinski definition) is 1. The lowest BCUT2D eigenvalue weighted by Gasteiger charge is -2.06. The lowest BCUT2D eigenvalue weighted by molar-refractivity contribution is 0.282. The fraction of sp³-hybridized carbons (Fsp3) is 0.118. The molecule has 9 nitrogen and oxygen atoms in total. The molecule has 27 heavy (non-hydrogen) atoms. The molecule has 2 N–H and O–H groups in total. The molecule has 0 bridgehead atoms. The zero-order valence-corrected chi connectivity index (χ0v) is 14.2. The fourth-order valence-electron chi connectivity index (χ4n) is 2.44. The number of aromatic nitrogens is 6. The Morgan fingerprint density at radius 2 is 2.11 bits per heavy atom. The lowest BCUT2D eigenvalue weighted by Crippen LogP contribution is -2.05. The standard InChI is InChI=1S/C17H14FN7O2/c1-25-13(9-26-15-3-2-11(18)7-21-15)12(8-22-25)17-23-16(24-27-17)10-4-5-20-14(19)6-10/h2-8H,9H2,1H3,(H2,19,20). The molecule has 0 radical (unpaired) electrons. The van der Waals surface area contributed by atoms with Crippen LogP contribution in [0.5, 0.6) is 5.88 Å². The normalized spacial score (nSPS) is 10.9. The van der Waals surface area contributed by atoms with Crippen molar-refractivity contribution in [2.75, 3.05) is 5.73 Å². The van der Waals surface area contributed by atoms with Crippen molar-refractivity contribution in [1.29, 1.82) is 0 Å². The second kappa shape index (κ2) is 6.83. The average Bonchev–Trinajstić information content (AvgIpc) is 3.28. The summed E-state index contributed by atoms with van der Waals surface area (Å²) in [6, 6.07) is 6.11. The Labute approximate surface area is 152 Å². The van der Waals surface area contributed by atoms with E-state index in [0.717, 1.165) is 6.20 Å². The molecule has 4 aromatic rings. The summed E-state index contributed by atoms with van der Waals surface area (Å²) in [6.45, 7) is 0.143. The van der Waals surface area contributed by atoms with Crippen LogP contribution in [0.4, 0.5) is 10.2 Å². The van der Waals surface area contributed by atoms with Gasteiger partial charge in [-0.25, -0.2) is 14.4 Å². The number of nitrogen functional groups attached to an aromatic ring is 1. The van der Waals surface area contributed by atoms with Crippen molar-refractivity contribution >= 4 is 5.82 Å². The van der Waals surface area contributed by atoms with E-state index in [0.29, 0.717) is 40.2 Å². The maximum atomic E-state index is 12.9. The number of hydrogen-bond acceptors (Lipinski definition) is 8. The predicted molar refractivity (Wildman–Crippen MR) is 92.7 cm³/mol. The third-order valence-corrected chi connectivity index (χ3v) is 3.81. The predicted octanol–water partition coefficient (Wildman–Crippen LogP) is 2.23. The molecule has 136 valence electrons. The highest BCUT2D eigenvalue weighted by Crippen LogP contribution is 2.26. The quantitative estimate of drug-likeness (QED) is 0.570. The monoisotopic (exact) mass is 367 g/mol. The summed E-state index contributed by atoms with van der Waals surface area (Å²) in [6.07, 6.45) is 4.26. The van der Waals surface area contributed by atoms with Crippen LogP contribution in [0, 0.1) is 5.82 Å². The summed E-state index contributed by atoms with van der Waals surface area (Å²) in [7, 11) is 1.77. The van der Waals surface area contributed by atoms with Gasteiger partial charge in [-0.3, -0.25) is 4.68 Å². The number of anilines is 1. The Hall–Kier alpha value is -3.82. The van der Waals surface area contributed by atoms with Gasteiger partial charge < -0.3 is 15.0 Å². The third-order valence-electron chi connectivity index (χ3n) is 3.81. The van der Waals surface area contributed by atoms with Gasteiger partial charge in [0.2, 0.25) is 11.7 Å². The van der Waals surface area contributed by atoms with E-state index in [9.17, 15) is 4.39 Å². The first-order valence-electron chi connectivity index (χ1n) is 7.91. The molecule has 4 rings (SSSR count). The second-order valence-electron chi connectivity index (χ2n) is 5.62. The molecule has 0 aromatic carbocycles. The highest BCUT2D eigenvalue weighted by atomic mass is 19.1. The first-order valence-corrected chi connectivity index (χ1v) is 7.91.